The van der Waals surface area contributed by atoms with Gasteiger partial charge >= 0.3 is 6.03 Å². The topological polar surface area (TPSA) is 78.7 Å². The lowest BCUT2D eigenvalue weighted by Crippen LogP contribution is -2.56. The molecule has 0 radical (unpaired) electrons. The third kappa shape index (κ3) is 5.06. The maximum atomic E-state index is 12.0. The maximum Gasteiger partial charge on any atom is 0.317 e. The molecule has 0 aliphatic carbocycles. The predicted molar refractivity (Wildman–Crippen MR) is 74.7 cm³/mol. The van der Waals surface area contributed by atoms with Crippen LogP contribution in [0.15, 0.2) is 0 Å². The van der Waals surface area contributed by atoms with E-state index in [1.807, 2.05) is 4.90 Å². The van der Waals surface area contributed by atoms with Crippen molar-refractivity contribution in [2.75, 3.05) is 32.7 Å². The van der Waals surface area contributed by atoms with Gasteiger partial charge in [-0.3, -0.25) is 9.69 Å². The number of primary amides is 1. The van der Waals surface area contributed by atoms with Crippen molar-refractivity contribution in [1.82, 2.24) is 15.1 Å². The number of urea groups is 1. The quantitative estimate of drug-likeness (QED) is 0.770. The number of rotatable bonds is 3. The average molecular weight is 270 g/mol. The molecule has 1 fully saturated rings. The summed E-state index contributed by atoms with van der Waals surface area (Å²) in [5.41, 5.74) is 5.36. The molecule has 6 nitrogen and oxygen atoms in total. The molecule has 1 heterocycles. The Hall–Kier alpha value is -1.30. The number of amides is 3. The van der Waals surface area contributed by atoms with Gasteiger partial charge in [-0.2, -0.15) is 0 Å². The SMILES string of the molecule is CC(C(N)=O)N1CCN(C(=O)NCC(C)(C)C)CC1. The van der Waals surface area contributed by atoms with Gasteiger partial charge in [0.15, 0.2) is 0 Å². The first-order valence-corrected chi connectivity index (χ1v) is 6.77. The second-order valence-electron chi connectivity index (χ2n) is 6.32. The number of nitrogens with one attached hydrogen (secondary N) is 1. The molecule has 0 aromatic rings. The summed E-state index contributed by atoms with van der Waals surface area (Å²) in [7, 11) is 0. The van der Waals surface area contributed by atoms with Crippen LogP contribution in [0.5, 0.6) is 0 Å². The second-order valence-corrected chi connectivity index (χ2v) is 6.32. The standard InChI is InChI=1S/C13H26N4O2/c1-10(11(14)18)16-5-7-17(8-6-16)12(19)15-9-13(2,3)4/h10H,5-9H2,1-4H3,(H2,14,18)(H,15,19). The number of carbonyl (C=O) groups is 2. The van der Waals surface area contributed by atoms with Gasteiger partial charge in [-0.25, -0.2) is 4.79 Å². The van der Waals surface area contributed by atoms with E-state index in [0.29, 0.717) is 32.7 Å². The van der Waals surface area contributed by atoms with Crippen LogP contribution < -0.4 is 11.1 Å². The molecule has 0 spiro atoms. The van der Waals surface area contributed by atoms with Crippen LogP contribution in [0.4, 0.5) is 4.79 Å². The van der Waals surface area contributed by atoms with Gasteiger partial charge in [-0.05, 0) is 12.3 Å². The van der Waals surface area contributed by atoms with E-state index < -0.39 is 0 Å². The highest BCUT2D eigenvalue weighted by molar-refractivity contribution is 5.79. The predicted octanol–water partition coefficient (Wildman–Crippen LogP) is 0.234. The molecule has 110 valence electrons. The van der Waals surface area contributed by atoms with Crippen molar-refractivity contribution in [2.45, 2.75) is 33.7 Å². The minimum atomic E-state index is -0.314. The third-order valence-corrected chi connectivity index (χ3v) is 3.33. The number of nitrogens with two attached hydrogens (primary N) is 1. The Bertz CT molecular complexity index is 330. The molecule has 3 amide bonds. The van der Waals surface area contributed by atoms with Crippen LogP contribution in [0.25, 0.3) is 0 Å². The molecule has 1 saturated heterocycles. The van der Waals surface area contributed by atoms with Crippen LogP contribution in [0, 0.1) is 5.41 Å². The zero-order valence-corrected chi connectivity index (χ0v) is 12.4. The molecular weight excluding hydrogens is 244 g/mol. The normalized spacial score (nSPS) is 19.1. The molecule has 6 heteroatoms. The number of carbonyl (C=O) groups excluding carboxylic acids is 2. The fourth-order valence-electron chi connectivity index (χ4n) is 1.94. The van der Waals surface area contributed by atoms with E-state index >= 15 is 0 Å². The Morgan fingerprint density at radius 2 is 1.74 bits per heavy atom. The summed E-state index contributed by atoms with van der Waals surface area (Å²) in [4.78, 5) is 26.9. The number of piperazine rings is 1. The van der Waals surface area contributed by atoms with E-state index in [4.69, 9.17) is 5.73 Å². The number of hydrogen-bond acceptors (Lipinski definition) is 3. The Morgan fingerprint density at radius 1 is 1.21 bits per heavy atom. The van der Waals surface area contributed by atoms with Gasteiger partial charge < -0.3 is 16.0 Å². The molecule has 1 rings (SSSR count). The van der Waals surface area contributed by atoms with Crippen LogP contribution in [-0.2, 0) is 4.79 Å². The Balaban J connectivity index is 2.37. The largest absolute Gasteiger partial charge is 0.368 e. The van der Waals surface area contributed by atoms with E-state index in [9.17, 15) is 9.59 Å². The van der Waals surface area contributed by atoms with Gasteiger partial charge in [0, 0.05) is 32.7 Å². The number of hydrogen-bond donors (Lipinski definition) is 2. The first-order chi connectivity index (χ1) is 8.70. The monoisotopic (exact) mass is 270 g/mol. The molecule has 1 unspecified atom stereocenters. The molecule has 0 aromatic carbocycles. The van der Waals surface area contributed by atoms with E-state index in [1.54, 1.807) is 11.8 Å². The highest BCUT2D eigenvalue weighted by Gasteiger charge is 2.26. The van der Waals surface area contributed by atoms with E-state index in [-0.39, 0.29) is 23.4 Å². The van der Waals surface area contributed by atoms with Crippen LogP contribution >= 0.6 is 0 Å². The number of nitrogens with zero attached hydrogens (tertiary/aromatic N) is 2. The van der Waals surface area contributed by atoms with Crippen molar-refractivity contribution in [3.05, 3.63) is 0 Å². The Labute approximate surface area is 115 Å². The fourth-order valence-corrected chi connectivity index (χ4v) is 1.94. The first-order valence-electron chi connectivity index (χ1n) is 6.77. The minimum Gasteiger partial charge on any atom is -0.368 e. The van der Waals surface area contributed by atoms with Crippen molar-refractivity contribution in [3.8, 4) is 0 Å². The Morgan fingerprint density at radius 3 is 2.16 bits per heavy atom. The van der Waals surface area contributed by atoms with Crippen molar-refractivity contribution >= 4 is 11.9 Å². The smallest absolute Gasteiger partial charge is 0.317 e. The first kappa shape index (κ1) is 15.8. The maximum absolute atomic E-state index is 12.0. The van der Waals surface area contributed by atoms with Crippen LogP contribution in [0.1, 0.15) is 27.7 Å². The zero-order chi connectivity index (χ0) is 14.6. The molecule has 3 N–H and O–H groups in total. The summed E-state index contributed by atoms with van der Waals surface area (Å²) >= 11 is 0. The summed E-state index contributed by atoms with van der Waals surface area (Å²) in [6, 6.07) is -0.291. The summed E-state index contributed by atoms with van der Waals surface area (Å²) in [6.07, 6.45) is 0. The molecule has 1 aliphatic heterocycles. The van der Waals surface area contributed by atoms with Gasteiger partial charge in [0.2, 0.25) is 5.91 Å². The lowest BCUT2D eigenvalue weighted by Gasteiger charge is -2.37. The molecule has 0 saturated carbocycles. The van der Waals surface area contributed by atoms with Crippen LogP contribution in [-0.4, -0.2) is 60.5 Å². The third-order valence-electron chi connectivity index (χ3n) is 3.33. The van der Waals surface area contributed by atoms with Gasteiger partial charge in [0.25, 0.3) is 0 Å². The molecule has 1 atom stereocenters. The summed E-state index contributed by atoms with van der Waals surface area (Å²) in [5, 5.41) is 2.94. The van der Waals surface area contributed by atoms with Crippen molar-refractivity contribution in [2.24, 2.45) is 11.1 Å². The van der Waals surface area contributed by atoms with E-state index in [0.717, 1.165) is 0 Å². The minimum absolute atomic E-state index is 0.0266. The fraction of sp³-hybridized carbons (Fsp3) is 0.846. The van der Waals surface area contributed by atoms with Gasteiger partial charge in [0.05, 0.1) is 6.04 Å². The van der Waals surface area contributed by atoms with Gasteiger partial charge in [-0.1, -0.05) is 20.8 Å². The van der Waals surface area contributed by atoms with Crippen molar-refractivity contribution in [1.29, 1.82) is 0 Å². The van der Waals surface area contributed by atoms with Crippen LogP contribution in [0.3, 0.4) is 0 Å². The van der Waals surface area contributed by atoms with Crippen molar-refractivity contribution < 1.29 is 9.59 Å². The highest BCUT2D eigenvalue weighted by atomic mass is 16.2. The van der Waals surface area contributed by atoms with E-state index in [1.165, 1.54) is 0 Å². The molecule has 0 aromatic heterocycles. The van der Waals surface area contributed by atoms with Gasteiger partial charge in [0.1, 0.15) is 0 Å². The lowest BCUT2D eigenvalue weighted by molar-refractivity contribution is -0.123. The second kappa shape index (κ2) is 6.23. The van der Waals surface area contributed by atoms with Gasteiger partial charge in [-0.15, -0.1) is 0 Å². The molecule has 1 aliphatic rings. The van der Waals surface area contributed by atoms with E-state index in [2.05, 4.69) is 26.1 Å². The molecule has 19 heavy (non-hydrogen) atoms. The average Bonchev–Trinajstić information content (AvgIpc) is 2.34. The highest BCUT2D eigenvalue weighted by Crippen LogP contribution is 2.11. The Kier molecular flexibility index (Phi) is 5.17. The summed E-state index contributed by atoms with van der Waals surface area (Å²) in [6.45, 7) is 11.3. The summed E-state index contributed by atoms with van der Waals surface area (Å²) in [5.74, 6) is -0.314. The van der Waals surface area contributed by atoms with Crippen LogP contribution in [0.2, 0.25) is 0 Å². The molecule has 0 bridgehead atoms. The van der Waals surface area contributed by atoms with Crippen molar-refractivity contribution in [3.63, 3.8) is 0 Å². The lowest BCUT2D eigenvalue weighted by atomic mass is 9.97. The summed E-state index contributed by atoms with van der Waals surface area (Å²) < 4.78 is 0. The zero-order valence-electron chi connectivity index (χ0n) is 12.4. The molecular formula is C13H26N4O2.